The molecule has 3 saturated carbocycles. The monoisotopic (exact) mass is 529 g/mol. The number of rotatable bonds is 8. The van der Waals surface area contributed by atoms with Crippen LogP contribution in [0, 0.1) is 5.92 Å². The molecule has 0 radical (unpaired) electrons. The molecule has 39 heavy (non-hydrogen) atoms. The molecule has 5 aliphatic rings. The first-order valence-corrected chi connectivity index (χ1v) is 15.6. The van der Waals surface area contributed by atoms with Crippen molar-refractivity contribution in [2.75, 3.05) is 52.9 Å². The van der Waals surface area contributed by atoms with E-state index in [2.05, 4.69) is 82.4 Å². The van der Waals surface area contributed by atoms with Gasteiger partial charge in [-0.3, -0.25) is 9.69 Å². The highest BCUT2D eigenvalue weighted by Gasteiger charge is 2.59. The van der Waals surface area contributed by atoms with Gasteiger partial charge in [0.05, 0.1) is 0 Å². The van der Waals surface area contributed by atoms with Crippen LogP contribution in [0.15, 0.2) is 60.7 Å². The fraction of sp³-hybridized carbons (Fsp3) is 0.618. The van der Waals surface area contributed by atoms with Gasteiger partial charge in [0.2, 0.25) is 0 Å². The van der Waals surface area contributed by atoms with E-state index in [4.69, 9.17) is 4.74 Å². The van der Waals surface area contributed by atoms with Crippen molar-refractivity contribution < 1.29 is 9.53 Å². The lowest BCUT2D eigenvalue weighted by molar-refractivity contribution is -0.170. The first-order valence-electron chi connectivity index (χ1n) is 15.6. The van der Waals surface area contributed by atoms with Crippen LogP contribution in [0.3, 0.4) is 0 Å². The van der Waals surface area contributed by atoms with E-state index in [1.807, 2.05) is 0 Å². The predicted molar refractivity (Wildman–Crippen MR) is 157 cm³/mol. The molecule has 2 bridgehead atoms. The third kappa shape index (κ3) is 5.96. The van der Waals surface area contributed by atoms with E-state index in [1.165, 1.54) is 56.3 Å². The average molecular weight is 530 g/mol. The molecule has 2 aromatic carbocycles. The quantitative estimate of drug-likeness (QED) is 0.420. The Labute approximate surface area is 235 Å². The van der Waals surface area contributed by atoms with Crippen LogP contribution in [0.1, 0.15) is 74.3 Å². The number of carbonyl (C=O) groups excluding carboxylic acids is 1. The normalized spacial score (nSPS) is 32.2. The molecule has 210 valence electrons. The second-order valence-corrected chi connectivity index (χ2v) is 12.8. The van der Waals surface area contributed by atoms with Gasteiger partial charge in [-0.2, -0.15) is 0 Å². The van der Waals surface area contributed by atoms with Gasteiger partial charge in [0.25, 0.3) is 0 Å². The van der Waals surface area contributed by atoms with Crippen LogP contribution in [-0.2, 0) is 9.53 Å². The Hall–Kier alpha value is -2.21. The lowest BCUT2D eigenvalue weighted by Gasteiger charge is -2.62. The molecule has 5 heteroatoms. The number of likely N-dealkylation sites (tertiary alicyclic amines) is 1. The Morgan fingerprint density at radius 3 is 1.97 bits per heavy atom. The van der Waals surface area contributed by atoms with Crippen LogP contribution in [0.2, 0.25) is 0 Å². The number of likely N-dealkylation sites (N-methyl/N-ethyl adjacent to an activating group) is 1. The summed E-state index contributed by atoms with van der Waals surface area (Å²) in [6.45, 7) is 7.80. The maximum Gasteiger partial charge on any atom is 0.306 e. The zero-order valence-corrected chi connectivity index (χ0v) is 23.8. The summed E-state index contributed by atoms with van der Waals surface area (Å²) in [5.41, 5.74) is 2.93. The van der Waals surface area contributed by atoms with Crippen molar-refractivity contribution >= 4 is 5.97 Å². The third-order valence-corrected chi connectivity index (χ3v) is 10.4. The molecule has 2 heterocycles. The maximum absolute atomic E-state index is 13.4. The topological polar surface area (TPSA) is 36.0 Å². The minimum atomic E-state index is -0.0269. The van der Waals surface area contributed by atoms with Gasteiger partial charge in [-0.15, -0.1) is 0 Å². The summed E-state index contributed by atoms with van der Waals surface area (Å²) in [5, 5.41) is 0. The van der Waals surface area contributed by atoms with E-state index in [9.17, 15) is 4.79 Å². The van der Waals surface area contributed by atoms with Gasteiger partial charge in [-0.25, -0.2) is 0 Å². The molecular formula is C34H47N3O2. The molecule has 3 atom stereocenters. The molecular weight excluding hydrogens is 482 g/mol. The van der Waals surface area contributed by atoms with Gasteiger partial charge < -0.3 is 14.5 Å². The standard InChI is InChI=1S/C34H47N3O2/c1-35-20-22-36(23-21-35)17-11-16-32(38)39-31-26-34(37-18-9-4-10-19-37)24-29(27-12-5-2-6-13-27)33(31)30(25-34)28-14-7-3-8-15-28/h2-3,5-8,12-15,29-31,33H,4,9-11,16-26H2,1H3/t29?,30?,31-,33?,34?/m0/s1. The van der Waals surface area contributed by atoms with Crippen molar-refractivity contribution in [1.29, 1.82) is 0 Å². The summed E-state index contributed by atoms with van der Waals surface area (Å²) in [5.74, 6) is 1.14. The first kappa shape index (κ1) is 27.0. The smallest absolute Gasteiger partial charge is 0.306 e. The number of esters is 1. The Bertz CT molecular complexity index is 1010. The number of nitrogens with zero attached hydrogens (tertiary/aromatic N) is 3. The average Bonchev–Trinajstić information content (AvgIpc) is 2.99. The van der Waals surface area contributed by atoms with Gasteiger partial charge in [-0.05, 0) is 81.7 Å². The number of hydrogen-bond donors (Lipinski definition) is 0. The second kappa shape index (κ2) is 12.1. The molecule has 2 saturated heterocycles. The fourth-order valence-corrected chi connectivity index (χ4v) is 8.35. The summed E-state index contributed by atoms with van der Waals surface area (Å²) in [7, 11) is 2.19. The van der Waals surface area contributed by atoms with E-state index in [0.717, 1.165) is 45.6 Å². The lowest BCUT2D eigenvalue weighted by atomic mass is 9.51. The van der Waals surface area contributed by atoms with Crippen molar-refractivity contribution in [3.05, 3.63) is 71.8 Å². The zero-order valence-electron chi connectivity index (χ0n) is 23.8. The lowest BCUT2D eigenvalue weighted by Crippen LogP contribution is -2.64. The molecule has 0 N–H and O–H groups in total. The van der Waals surface area contributed by atoms with Gasteiger partial charge in [0.15, 0.2) is 0 Å². The summed E-state index contributed by atoms with van der Waals surface area (Å²) < 4.78 is 6.56. The largest absolute Gasteiger partial charge is 0.462 e. The van der Waals surface area contributed by atoms with E-state index >= 15 is 0 Å². The Morgan fingerprint density at radius 1 is 0.795 bits per heavy atom. The van der Waals surface area contributed by atoms with Crippen LogP contribution >= 0.6 is 0 Å². The Morgan fingerprint density at radius 2 is 1.38 bits per heavy atom. The molecule has 5 fully saturated rings. The van der Waals surface area contributed by atoms with Crippen LogP contribution in [-0.4, -0.2) is 85.2 Å². The molecule has 0 amide bonds. The number of piperidine rings is 1. The van der Waals surface area contributed by atoms with Crippen LogP contribution in [0.4, 0.5) is 0 Å². The van der Waals surface area contributed by atoms with Crippen molar-refractivity contribution in [3.8, 4) is 0 Å². The summed E-state index contributed by atoms with van der Waals surface area (Å²) in [6.07, 6.45) is 8.66. The predicted octanol–water partition coefficient (Wildman–Crippen LogP) is 5.53. The number of piperazine rings is 1. The van der Waals surface area contributed by atoms with Crippen LogP contribution < -0.4 is 0 Å². The Kier molecular flexibility index (Phi) is 8.38. The summed E-state index contributed by atoms with van der Waals surface area (Å²) in [6, 6.07) is 22.2. The van der Waals surface area contributed by atoms with Crippen molar-refractivity contribution in [1.82, 2.24) is 14.7 Å². The van der Waals surface area contributed by atoms with Crippen LogP contribution in [0.5, 0.6) is 0 Å². The molecule has 5 nitrogen and oxygen atoms in total. The summed E-state index contributed by atoms with van der Waals surface area (Å²) in [4.78, 5) is 21.1. The van der Waals surface area contributed by atoms with E-state index in [1.54, 1.807) is 0 Å². The summed E-state index contributed by atoms with van der Waals surface area (Å²) >= 11 is 0. The van der Waals surface area contributed by atoms with E-state index in [0.29, 0.717) is 24.2 Å². The number of benzene rings is 2. The highest BCUT2D eigenvalue weighted by Crippen LogP contribution is 2.60. The van der Waals surface area contributed by atoms with Gasteiger partial charge in [0.1, 0.15) is 6.10 Å². The van der Waals surface area contributed by atoms with Crippen molar-refractivity contribution in [2.24, 2.45) is 5.92 Å². The molecule has 0 spiro atoms. The molecule has 2 aliphatic heterocycles. The Balaban J connectivity index is 1.24. The molecule has 7 rings (SSSR count). The minimum Gasteiger partial charge on any atom is -0.462 e. The minimum absolute atomic E-state index is 0.00842. The molecule has 0 aromatic heterocycles. The maximum atomic E-state index is 13.4. The number of carbonyl (C=O) groups is 1. The number of fused-ring (bicyclic) bond motifs is 3. The highest BCUT2D eigenvalue weighted by molar-refractivity contribution is 5.69. The SMILES string of the molecule is CN1CCN(CCCC(=O)O[C@H]2CC3(N4CCCCC4)CC(c4ccccc4)C2C(c2ccccc2)C3)CC1. The number of hydrogen-bond acceptors (Lipinski definition) is 5. The molecule has 2 unspecified atom stereocenters. The van der Waals surface area contributed by atoms with Crippen molar-refractivity contribution in [3.63, 3.8) is 0 Å². The highest BCUT2D eigenvalue weighted by atomic mass is 16.5. The first-order chi connectivity index (χ1) is 19.1. The fourth-order valence-electron chi connectivity index (χ4n) is 8.35. The van der Waals surface area contributed by atoms with Gasteiger partial charge in [0, 0.05) is 50.5 Å². The van der Waals surface area contributed by atoms with Crippen LogP contribution in [0.25, 0.3) is 0 Å². The number of ether oxygens (including phenoxy) is 1. The van der Waals surface area contributed by atoms with E-state index in [-0.39, 0.29) is 17.6 Å². The van der Waals surface area contributed by atoms with Gasteiger partial charge in [-0.1, -0.05) is 67.1 Å². The second-order valence-electron chi connectivity index (χ2n) is 12.8. The molecule has 2 aromatic rings. The third-order valence-electron chi connectivity index (χ3n) is 10.4. The van der Waals surface area contributed by atoms with Crippen molar-refractivity contribution in [2.45, 2.75) is 74.8 Å². The van der Waals surface area contributed by atoms with Gasteiger partial charge >= 0.3 is 5.97 Å². The van der Waals surface area contributed by atoms with E-state index < -0.39 is 0 Å². The molecule has 3 aliphatic carbocycles. The zero-order chi connectivity index (χ0) is 26.7.